The Kier molecular flexibility index (Phi) is 5.49. The summed E-state index contributed by atoms with van der Waals surface area (Å²) in [5, 5.41) is 5.01. The first-order valence-corrected chi connectivity index (χ1v) is 7.28. The van der Waals surface area contributed by atoms with Gasteiger partial charge in [-0.15, -0.1) is 0 Å². The van der Waals surface area contributed by atoms with E-state index in [0.717, 1.165) is 0 Å². The highest BCUT2D eigenvalue weighted by atomic mass is 32.2. The zero-order valence-corrected chi connectivity index (χ0v) is 12.5. The normalized spacial score (nSPS) is 11.1. The summed E-state index contributed by atoms with van der Waals surface area (Å²) in [5.74, 6) is -0.400. The van der Waals surface area contributed by atoms with Crippen molar-refractivity contribution in [2.75, 3.05) is 5.32 Å². The minimum atomic E-state index is -4.35. The van der Waals surface area contributed by atoms with Crippen LogP contribution < -0.4 is 10.6 Å². The second-order valence-electron chi connectivity index (χ2n) is 4.51. The van der Waals surface area contributed by atoms with E-state index in [2.05, 4.69) is 10.6 Å². The van der Waals surface area contributed by atoms with Gasteiger partial charge in [-0.2, -0.15) is 13.2 Å². The van der Waals surface area contributed by atoms with E-state index in [-0.39, 0.29) is 23.2 Å². The first kappa shape index (κ1) is 17.1. The van der Waals surface area contributed by atoms with Gasteiger partial charge in [0.15, 0.2) is 0 Å². The number of hydrogen-bond acceptors (Lipinski definition) is 2. The van der Waals surface area contributed by atoms with E-state index in [1.165, 1.54) is 42.5 Å². The summed E-state index contributed by atoms with van der Waals surface area (Å²) in [6, 6.07) is 10.5. The summed E-state index contributed by atoms with van der Waals surface area (Å²) < 4.78 is 49.6. The van der Waals surface area contributed by atoms with Gasteiger partial charge in [-0.3, -0.25) is 0 Å². The summed E-state index contributed by atoms with van der Waals surface area (Å²) in [7, 11) is 0. The maximum atomic E-state index is 13.0. The van der Waals surface area contributed by atoms with Crippen molar-refractivity contribution < 1.29 is 22.4 Å². The van der Waals surface area contributed by atoms with E-state index < -0.39 is 17.4 Å². The first-order chi connectivity index (χ1) is 10.8. The number of anilines is 1. The van der Waals surface area contributed by atoms with Crippen LogP contribution in [0, 0.1) is 5.82 Å². The van der Waals surface area contributed by atoms with E-state index in [4.69, 9.17) is 0 Å². The Morgan fingerprint density at radius 3 is 2.39 bits per heavy atom. The average molecular weight is 344 g/mol. The predicted molar refractivity (Wildman–Crippen MR) is 80.6 cm³/mol. The quantitative estimate of drug-likeness (QED) is 0.620. The molecule has 0 radical (unpaired) electrons. The van der Waals surface area contributed by atoms with E-state index >= 15 is 0 Å². The second-order valence-corrected chi connectivity index (χ2v) is 5.65. The summed E-state index contributed by atoms with van der Waals surface area (Å²) in [4.78, 5) is 11.7. The number of amides is 2. The largest absolute Gasteiger partial charge is 0.446 e. The smallest absolute Gasteiger partial charge is 0.334 e. The number of halogens is 4. The van der Waals surface area contributed by atoms with Crippen LogP contribution in [0.25, 0.3) is 0 Å². The number of urea groups is 1. The molecule has 122 valence electrons. The van der Waals surface area contributed by atoms with Crippen molar-refractivity contribution in [1.29, 1.82) is 0 Å². The fourth-order valence-electron chi connectivity index (χ4n) is 1.74. The Balaban J connectivity index is 1.85. The van der Waals surface area contributed by atoms with Gasteiger partial charge in [0, 0.05) is 17.1 Å². The molecule has 0 unspecified atom stereocenters. The maximum Gasteiger partial charge on any atom is 0.446 e. The molecule has 0 aliphatic rings. The zero-order valence-electron chi connectivity index (χ0n) is 11.7. The summed E-state index contributed by atoms with van der Waals surface area (Å²) in [6.07, 6.45) is 0. The summed E-state index contributed by atoms with van der Waals surface area (Å²) >= 11 is -0.227. The predicted octanol–water partition coefficient (Wildman–Crippen LogP) is 4.76. The van der Waals surface area contributed by atoms with E-state index in [9.17, 15) is 22.4 Å². The first-order valence-electron chi connectivity index (χ1n) is 6.47. The molecule has 0 aliphatic carbocycles. The molecule has 2 amide bonds. The monoisotopic (exact) mass is 344 g/mol. The van der Waals surface area contributed by atoms with Gasteiger partial charge >= 0.3 is 11.5 Å². The highest BCUT2D eigenvalue weighted by Gasteiger charge is 2.28. The number of alkyl halides is 3. The van der Waals surface area contributed by atoms with Crippen LogP contribution in [0.5, 0.6) is 0 Å². The number of carbonyl (C=O) groups excluding carboxylic acids is 1. The number of carbonyl (C=O) groups is 1. The molecule has 0 aromatic heterocycles. The molecule has 0 bridgehead atoms. The molecule has 0 aliphatic heterocycles. The minimum Gasteiger partial charge on any atom is -0.334 e. The van der Waals surface area contributed by atoms with Crippen molar-refractivity contribution in [3.05, 3.63) is 59.9 Å². The van der Waals surface area contributed by atoms with E-state index in [1.54, 1.807) is 6.07 Å². The number of nitrogens with one attached hydrogen (secondary N) is 2. The third-order valence-corrected chi connectivity index (χ3v) is 3.43. The van der Waals surface area contributed by atoms with Crippen molar-refractivity contribution in [2.45, 2.75) is 16.9 Å². The van der Waals surface area contributed by atoms with Crippen LogP contribution in [0.2, 0.25) is 0 Å². The van der Waals surface area contributed by atoms with Crippen LogP contribution in [0.15, 0.2) is 53.4 Å². The minimum absolute atomic E-state index is 0.0308. The third kappa shape index (κ3) is 6.19. The fourth-order valence-corrected chi connectivity index (χ4v) is 2.28. The molecular weight excluding hydrogens is 332 g/mol. The van der Waals surface area contributed by atoms with E-state index in [0.29, 0.717) is 11.3 Å². The lowest BCUT2D eigenvalue weighted by molar-refractivity contribution is -0.0328. The molecule has 0 saturated carbocycles. The van der Waals surface area contributed by atoms with Gasteiger partial charge in [0.2, 0.25) is 0 Å². The molecule has 0 fully saturated rings. The van der Waals surface area contributed by atoms with Crippen LogP contribution >= 0.6 is 11.8 Å². The molecule has 0 saturated heterocycles. The Morgan fingerprint density at radius 2 is 1.78 bits per heavy atom. The third-order valence-electron chi connectivity index (χ3n) is 2.69. The highest BCUT2D eigenvalue weighted by Crippen LogP contribution is 2.36. The average Bonchev–Trinajstić information content (AvgIpc) is 2.46. The van der Waals surface area contributed by atoms with Crippen LogP contribution in [-0.4, -0.2) is 11.5 Å². The van der Waals surface area contributed by atoms with Crippen molar-refractivity contribution >= 4 is 23.5 Å². The number of benzene rings is 2. The van der Waals surface area contributed by atoms with E-state index in [1.807, 2.05) is 0 Å². The molecule has 0 spiro atoms. The molecule has 2 rings (SSSR count). The van der Waals surface area contributed by atoms with Gasteiger partial charge in [0.25, 0.3) is 0 Å². The molecular formula is C15H12F4N2OS. The molecule has 0 atom stereocenters. The van der Waals surface area contributed by atoms with Crippen molar-refractivity contribution in [3.8, 4) is 0 Å². The summed E-state index contributed by atoms with van der Waals surface area (Å²) in [6.45, 7) is 0.131. The van der Waals surface area contributed by atoms with Gasteiger partial charge in [0.1, 0.15) is 5.82 Å². The molecule has 0 heterocycles. The standard InChI is InChI=1S/C15H12F4N2OS/c16-11-3-1-2-10(8-11)9-20-14(22)21-12-4-6-13(7-5-12)23-15(17,18)19/h1-8H,9H2,(H2,20,21,22). The highest BCUT2D eigenvalue weighted by molar-refractivity contribution is 8.00. The number of thioether (sulfide) groups is 1. The van der Waals surface area contributed by atoms with Crippen molar-refractivity contribution in [2.24, 2.45) is 0 Å². The van der Waals surface area contributed by atoms with Gasteiger partial charge in [-0.05, 0) is 53.7 Å². The lowest BCUT2D eigenvalue weighted by Gasteiger charge is -2.09. The molecule has 2 aromatic carbocycles. The Hall–Kier alpha value is -2.22. The molecule has 23 heavy (non-hydrogen) atoms. The second kappa shape index (κ2) is 7.36. The van der Waals surface area contributed by atoms with Crippen LogP contribution in [0.4, 0.5) is 28.0 Å². The van der Waals surface area contributed by atoms with Crippen LogP contribution in [0.3, 0.4) is 0 Å². The Bertz CT molecular complexity index is 674. The molecule has 8 heteroatoms. The van der Waals surface area contributed by atoms with Crippen LogP contribution in [0.1, 0.15) is 5.56 Å². The Morgan fingerprint density at radius 1 is 1.09 bits per heavy atom. The lowest BCUT2D eigenvalue weighted by atomic mass is 10.2. The topological polar surface area (TPSA) is 41.1 Å². The molecule has 2 N–H and O–H groups in total. The molecule has 3 nitrogen and oxygen atoms in total. The number of hydrogen-bond donors (Lipinski definition) is 2. The van der Waals surface area contributed by atoms with Gasteiger partial charge in [0.05, 0.1) is 0 Å². The summed E-state index contributed by atoms with van der Waals surface area (Å²) in [5.41, 5.74) is -3.40. The SMILES string of the molecule is O=C(NCc1cccc(F)c1)Nc1ccc(SC(F)(F)F)cc1. The van der Waals surface area contributed by atoms with Gasteiger partial charge < -0.3 is 10.6 Å². The van der Waals surface area contributed by atoms with Crippen molar-refractivity contribution in [1.82, 2.24) is 5.32 Å². The van der Waals surface area contributed by atoms with Crippen LogP contribution in [-0.2, 0) is 6.54 Å². The Labute approximate surface area is 134 Å². The zero-order chi connectivity index (χ0) is 16.9. The van der Waals surface area contributed by atoms with Gasteiger partial charge in [-0.25, -0.2) is 9.18 Å². The van der Waals surface area contributed by atoms with Crippen molar-refractivity contribution in [3.63, 3.8) is 0 Å². The van der Waals surface area contributed by atoms with Gasteiger partial charge in [-0.1, -0.05) is 12.1 Å². The fraction of sp³-hybridized carbons (Fsp3) is 0.133. The molecule has 2 aromatic rings. The number of rotatable bonds is 4. The lowest BCUT2D eigenvalue weighted by Crippen LogP contribution is -2.28. The maximum absolute atomic E-state index is 13.0.